The van der Waals surface area contributed by atoms with E-state index in [1.807, 2.05) is 6.92 Å². The molecule has 1 heterocycles. The molecule has 0 spiro atoms. The maximum absolute atomic E-state index is 11.7. The summed E-state index contributed by atoms with van der Waals surface area (Å²) in [6.45, 7) is 8.01. The minimum absolute atomic E-state index is 0.0255. The maximum atomic E-state index is 11.7. The number of carbonyl (C=O) groups is 1. The normalized spacial score (nSPS) is 13.3. The third kappa shape index (κ3) is 3.66. The van der Waals surface area contributed by atoms with Crippen LogP contribution in [-0.4, -0.2) is 40.3 Å². The number of aromatic nitrogens is 2. The van der Waals surface area contributed by atoms with E-state index < -0.39 is 0 Å². The monoisotopic (exact) mass is 256 g/mol. The summed E-state index contributed by atoms with van der Waals surface area (Å²) in [4.78, 5) is 17.6. The fourth-order valence-corrected chi connectivity index (χ4v) is 2.07. The highest BCUT2D eigenvalue weighted by atomic mass is 32.1. The van der Waals surface area contributed by atoms with E-state index in [0.717, 1.165) is 5.82 Å². The smallest absolute Gasteiger partial charge is 0.244 e. The first-order valence-electron chi connectivity index (χ1n) is 5.53. The molecule has 1 rings (SSSR count). The third-order valence-electron chi connectivity index (χ3n) is 2.25. The third-order valence-corrected chi connectivity index (χ3v) is 2.89. The van der Waals surface area contributed by atoms with E-state index in [4.69, 9.17) is 0 Å². The van der Waals surface area contributed by atoms with Crippen LogP contribution >= 0.6 is 11.5 Å². The Morgan fingerprint density at radius 2 is 2.00 bits per heavy atom. The van der Waals surface area contributed by atoms with E-state index in [-0.39, 0.29) is 17.4 Å². The molecule has 0 aliphatic carbocycles. The van der Waals surface area contributed by atoms with Gasteiger partial charge in [-0.05, 0) is 6.92 Å². The van der Waals surface area contributed by atoms with Gasteiger partial charge >= 0.3 is 0 Å². The summed E-state index contributed by atoms with van der Waals surface area (Å²) < 4.78 is 4.29. The van der Waals surface area contributed by atoms with Crippen LogP contribution in [-0.2, 0) is 10.2 Å². The molecule has 0 saturated carbocycles. The number of nitrogens with one attached hydrogen (secondary N) is 1. The Morgan fingerprint density at radius 3 is 2.41 bits per heavy atom. The first kappa shape index (κ1) is 13.9. The summed E-state index contributed by atoms with van der Waals surface area (Å²) in [6, 6.07) is -0.286. The second-order valence-electron chi connectivity index (χ2n) is 5.27. The molecule has 0 bridgehead atoms. The summed E-state index contributed by atoms with van der Waals surface area (Å²) in [5.41, 5.74) is -0.0643. The number of hydrogen-bond donors (Lipinski definition) is 1. The number of likely N-dealkylation sites (N-methyl/N-ethyl adjacent to an activating group) is 1. The zero-order valence-corrected chi connectivity index (χ0v) is 12.1. The molecule has 0 aliphatic heterocycles. The second-order valence-corrected chi connectivity index (χ2v) is 6.02. The topological polar surface area (TPSA) is 58.1 Å². The minimum atomic E-state index is -0.286. The highest BCUT2D eigenvalue weighted by molar-refractivity contribution is 7.09. The van der Waals surface area contributed by atoms with Crippen molar-refractivity contribution in [2.75, 3.05) is 19.4 Å². The average molecular weight is 256 g/mol. The lowest BCUT2D eigenvalue weighted by Crippen LogP contribution is -2.36. The number of rotatable bonds is 3. The van der Waals surface area contributed by atoms with Crippen LogP contribution in [0.4, 0.5) is 5.13 Å². The number of nitrogens with zero attached hydrogens (tertiary/aromatic N) is 3. The second kappa shape index (κ2) is 5.00. The van der Waals surface area contributed by atoms with Crippen LogP contribution < -0.4 is 5.32 Å². The quantitative estimate of drug-likeness (QED) is 0.894. The molecule has 0 radical (unpaired) electrons. The summed E-state index contributed by atoms with van der Waals surface area (Å²) >= 11 is 1.29. The lowest BCUT2D eigenvalue weighted by atomic mass is 9.96. The minimum Gasteiger partial charge on any atom is -0.349 e. The van der Waals surface area contributed by atoms with Crippen LogP contribution in [0.15, 0.2) is 0 Å². The van der Waals surface area contributed by atoms with Gasteiger partial charge in [0.25, 0.3) is 0 Å². The van der Waals surface area contributed by atoms with Crippen molar-refractivity contribution in [3.8, 4) is 0 Å². The Labute approximate surface area is 106 Å². The van der Waals surface area contributed by atoms with Gasteiger partial charge in [0.2, 0.25) is 11.0 Å². The molecular formula is C11H20N4OS. The largest absolute Gasteiger partial charge is 0.349 e. The lowest BCUT2D eigenvalue weighted by Gasteiger charge is -2.17. The SMILES string of the molecule is CC(Nc1nc(C(C)(C)C)ns1)C(=O)N(C)C. The lowest BCUT2D eigenvalue weighted by molar-refractivity contribution is -0.129. The van der Waals surface area contributed by atoms with Crippen molar-refractivity contribution in [3.05, 3.63) is 5.82 Å². The van der Waals surface area contributed by atoms with Crippen LogP contribution in [0.25, 0.3) is 0 Å². The van der Waals surface area contributed by atoms with Crippen molar-refractivity contribution in [1.29, 1.82) is 0 Å². The van der Waals surface area contributed by atoms with E-state index >= 15 is 0 Å². The summed E-state index contributed by atoms with van der Waals surface area (Å²) in [5.74, 6) is 0.826. The van der Waals surface area contributed by atoms with Gasteiger partial charge in [0.05, 0.1) is 0 Å². The van der Waals surface area contributed by atoms with Crippen LogP contribution in [0.2, 0.25) is 0 Å². The first-order valence-corrected chi connectivity index (χ1v) is 6.31. The van der Waals surface area contributed by atoms with Gasteiger partial charge in [-0.3, -0.25) is 4.79 Å². The van der Waals surface area contributed by atoms with Gasteiger partial charge in [-0.15, -0.1) is 0 Å². The van der Waals surface area contributed by atoms with E-state index in [1.54, 1.807) is 19.0 Å². The van der Waals surface area contributed by atoms with E-state index in [2.05, 4.69) is 35.4 Å². The molecule has 1 N–H and O–H groups in total. The molecule has 1 aromatic rings. The summed E-state index contributed by atoms with van der Waals surface area (Å²) in [6.07, 6.45) is 0. The van der Waals surface area contributed by atoms with Gasteiger partial charge in [-0.1, -0.05) is 20.8 Å². The standard InChI is InChI=1S/C11H20N4OS/c1-7(8(16)15(5)6)12-10-13-9(14-17-10)11(2,3)4/h7H,1-6H3,(H,12,13,14). The van der Waals surface area contributed by atoms with E-state index in [1.165, 1.54) is 11.5 Å². The summed E-state index contributed by atoms with van der Waals surface area (Å²) in [7, 11) is 3.47. The number of hydrogen-bond acceptors (Lipinski definition) is 5. The molecule has 1 atom stereocenters. The molecule has 6 heteroatoms. The van der Waals surface area contributed by atoms with Gasteiger partial charge in [-0.25, -0.2) is 4.98 Å². The predicted octanol–water partition coefficient (Wildman–Crippen LogP) is 1.72. The molecule has 5 nitrogen and oxygen atoms in total. The van der Waals surface area contributed by atoms with Gasteiger partial charge < -0.3 is 10.2 Å². The van der Waals surface area contributed by atoms with Crippen molar-refractivity contribution < 1.29 is 4.79 Å². The molecule has 1 aromatic heterocycles. The molecule has 1 unspecified atom stereocenters. The van der Waals surface area contributed by atoms with Crippen LogP contribution in [0.1, 0.15) is 33.5 Å². The number of carbonyl (C=O) groups excluding carboxylic acids is 1. The maximum Gasteiger partial charge on any atom is 0.244 e. The van der Waals surface area contributed by atoms with Gasteiger partial charge in [0.15, 0.2) is 0 Å². The van der Waals surface area contributed by atoms with Crippen molar-refractivity contribution >= 4 is 22.6 Å². The van der Waals surface area contributed by atoms with Crippen LogP contribution in [0.3, 0.4) is 0 Å². The van der Waals surface area contributed by atoms with Crippen molar-refractivity contribution in [2.45, 2.75) is 39.2 Å². The van der Waals surface area contributed by atoms with Gasteiger partial charge in [0.1, 0.15) is 11.9 Å². The highest BCUT2D eigenvalue weighted by Crippen LogP contribution is 2.23. The predicted molar refractivity (Wildman–Crippen MR) is 70.4 cm³/mol. The van der Waals surface area contributed by atoms with Crippen molar-refractivity contribution in [2.24, 2.45) is 0 Å². The average Bonchev–Trinajstić information content (AvgIpc) is 2.64. The zero-order valence-electron chi connectivity index (χ0n) is 11.2. The van der Waals surface area contributed by atoms with E-state index in [0.29, 0.717) is 5.13 Å². The molecule has 1 amide bonds. The van der Waals surface area contributed by atoms with Crippen molar-refractivity contribution in [1.82, 2.24) is 14.3 Å². The Morgan fingerprint density at radius 1 is 1.41 bits per heavy atom. The molecule has 0 fully saturated rings. The molecular weight excluding hydrogens is 236 g/mol. The van der Waals surface area contributed by atoms with Gasteiger partial charge in [-0.2, -0.15) is 4.37 Å². The van der Waals surface area contributed by atoms with Crippen molar-refractivity contribution in [3.63, 3.8) is 0 Å². The molecule has 0 saturated heterocycles. The molecule has 96 valence electrons. The molecule has 0 aliphatic rings. The Kier molecular flexibility index (Phi) is 4.08. The Balaban J connectivity index is 2.70. The van der Waals surface area contributed by atoms with Crippen LogP contribution in [0.5, 0.6) is 0 Å². The zero-order chi connectivity index (χ0) is 13.2. The Bertz CT molecular complexity index is 394. The van der Waals surface area contributed by atoms with Gasteiger partial charge in [0, 0.05) is 31.0 Å². The Hall–Kier alpha value is -1.17. The number of amides is 1. The molecule has 17 heavy (non-hydrogen) atoms. The first-order chi connectivity index (χ1) is 7.71. The fourth-order valence-electron chi connectivity index (χ4n) is 1.22. The summed E-state index contributed by atoms with van der Waals surface area (Å²) in [5, 5.41) is 3.76. The fraction of sp³-hybridized carbons (Fsp3) is 0.727. The van der Waals surface area contributed by atoms with E-state index in [9.17, 15) is 4.79 Å². The molecule has 0 aromatic carbocycles. The number of anilines is 1. The van der Waals surface area contributed by atoms with Crippen LogP contribution in [0, 0.1) is 0 Å². The highest BCUT2D eigenvalue weighted by Gasteiger charge is 2.21.